The molecule has 2 aliphatic heterocycles. The normalized spacial score (nSPS) is 19.4. The Morgan fingerprint density at radius 1 is 1.24 bits per heavy atom. The average molecular weight is 554 g/mol. The zero-order chi connectivity index (χ0) is 28.6. The number of piperazine rings is 1. The third-order valence-corrected chi connectivity index (χ3v) is 8.62. The number of anilines is 2. The Labute approximate surface area is 239 Å². The molecule has 212 valence electrons. The summed E-state index contributed by atoms with van der Waals surface area (Å²) in [5.41, 5.74) is 2.89. The Morgan fingerprint density at radius 3 is 2.83 bits per heavy atom. The molecule has 1 saturated carbocycles. The summed E-state index contributed by atoms with van der Waals surface area (Å²) in [6.45, 7) is 6.97. The van der Waals surface area contributed by atoms with Crippen molar-refractivity contribution < 1.29 is 14.6 Å². The van der Waals surface area contributed by atoms with E-state index < -0.39 is 0 Å². The van der Waals surface area contributed by atoms with Crippen LogP contribution in [-0.4, -0.2) is 77.3 Å². The summed E-state index contributed by atoms with van der Waals surface area (Å²) < 4.78 is 6.20. The third kappa shape index (κ3) is 5.25. The van der Waals surface area contributed by atoms with E-state index in [-0.39, 0.29) is 29.7 Å². The van der Waals surface area contributed by atoms with Gasteiger partial charge in [-0.15, -0.1) is 0 Å². The molecule has 0 unspecified atom stereocenters. The summed E-state index contributed by atoms with van der Waals surface area (Å²) in [5.74, 6) is 0.886. The number of rotatable bonds is 8. The van der Waals surface area contributed by atoms with Crippen LogP contribution >= 0.6 is 0 Å². The van der Waals surface area contributed by atoms with Crippen LogP contribution in [0.1, 0.15) is 30.5 Å². The number of nitrogens with zero attached hydrogens (tertiary/aromatic N) is 6. The highest BCUT2D eigenvalue weighted by molar-refractivity contribution is 5.95. The quantitative estimate of drug-likeness (QED) is 0.406. The van der Waals surface area contributed by atoms with Gasteiger partial charge in [0, 0.05) is 48.9 Å². The van der Waals surface area contributed by atoms with E-state index in [4.69, 9.17) is 14.7 Å². The van der Waals surface area contributed by atoms with Crippen molar-refractivity contribution in [3.63, 3.8) is 0 Å². The van der Waals surface area contributed by atoms with Gasteiger partial charge < -0.3 is 29.9 Å². The highest BCUT2D eigenvalue weighted by Gasteiger charge is 2.42. The second kappa shape index (κ2) is 10.9. The first-order valence-corrected chi connectivity index (χ1v) is 14.2. The number of amides is 1. The van der Waals surface area contributed by atoms with Crippen molar-refractivity contribution in [3.05, 3.63) is 60.3 Å². The van der Waals surface area contributed by atoms with Gasteiger partial charge in [-0.2, -0.15) is 15.2 Å². The summed E-state index contributed by atoms with van der Waals surface area (Å²) in [6.07, 6.45) is 4.36. The van der Waals surface area contributed by atoms with Gasteiger partial charge >= 0.3 is 6.01 Å². The van der Waals surface area contributed by atoms with E-state index in [2.05, 4.69) is 33.8 Å². The van der Waals surface area contributed by atoms with E-state index in [1.807, 2.05) is 31.3 Å². The molecule has 1 aliphatic carbocycles. The van der Waals surface area contributed by atoms with Crippen molar-refractivity contribution in [1.82, 2.24) is 20.2 Å². The Morgan fingerprint density at radius 2 is 2.07 bits per heavy atom. The first-order chi connectivity index (χ1) is 19.9. The summed E-state index contributed by atoms with van der Waals surface area (Å²) in [4.78, 5) is 28.5. The molecule has 2 N–H and O–H groups in total. The summed E-state index contributed by atoms with van der Waals surface area (Å²) in [6, 6.07) is 14.0. The van der Waals surface area contributed by atoms with Gasteiger partial charge in [-0.1, -0.05) is 30.8 Å². The molecule has 2 aromatic carbocycles. The van der Waals surface area contributed by atoms with Crippen molar-refractivity contribution >= 4 is 28.2 Å². The SMILES string of the molecule is C=CC(=O)N1CCN(c2nc(OCC3(NC)CC3)nc3c2CCN(c2cc(O)cc4ccccc24)C3)C[C@@H]1CC#N. The number of aromatic nitrogens is 2. The van der Waals surface area contributed by atoms with Crippen LogP contribution in [-0.2, 0) is 17.8 Å². The van der Waals surface area contributed by atoms with Gasteiger partial charge in [-0.05, 0) is 43.8 Å². The summed E-state index contributed by atoms with van der Waals surface area (Å²) in [7, 11) is 1.95. The van der Waals surface area contributed by atoms with Crippen LogP contribution in [0.5, 0.6) is 11.8 Å². The molecule has 1 amide bonds. The summed E-state index contributed by atoms with van der Waals surface area (Å²) in [5, 5.41) is 25.4. The molecule has 1 aromatic heterocycles. The Kier molecular flexibility index (Phi) is 7.14. The molecule has 1 saturated heterocycles. The van der Waals surface area contributed by atoms with Crippen LogP contribution in [0.3, 0.4) is 0 Å². The fourth-order valence-electron chi connectivity index (χ4n) is 6.01. The van der Waals surface area contributed by atoms with E-state index in [1.165, 1.54) is 6.08 Å². The van der Waals surface area contributed by atoms with Crippen LogP contribution in [0.2, 0.25) is 0 Å². The van der Waals surface area contributed by atoms with Gasteiger partial charge in [-0.3, -0.25) is 4.79 Å². The lowest BCUT2D eigenvalue weighted by molar-refractivity contribution is -0.128. The maximum atomic E-state index is 12.5. The molecule has 10 nitrogen and oxygen atoms in total. The maximum Gasteiger partial charge on any atom is 0.318 e. The third-order valence-electron chi connectivity index (χ3n) is 8.62. The first-order valence-electron chi connectivity index (χ1n) is 14.2. The van der Waals surface area contributed by atoms with Crippen molar-refractivity contribution in [2.75, 3.05) is 49.6 Å². The first kappa shape index (κ1) is 26.8. The Bertz CT molecular complexity index is 1530. The number of nitrogens with one attached hydrogen (secondary N) is 1. The van der Waals surface area contributed by atoms with Gasteiger partial charge in [0.1, 0.15) is 18.2 Å². The lowest BCUT2D eigenvalue weighted by Gasteiger charge is -2.42. The summed E-state index contributed by atoms with van der Waals surface area (Å²) >= 11 is 0. The minimum Gasteiger partial charge on any atom is -0.508 e. The number of benzene rings is 2. The number of phenols is 1. The standard InChI is InChI=1S/C31H35N7O3/c1-3-28(40)38-15-14-37(18-22(38)8-12-32)29-25-9-13-36(27-17-23(39)16-21-6-4-5-7-24(21)27)19-26(25)34-30(35-29)41-20-31(33-2)10-11-31/h3-7,16-17,22,33,39H,1,8-11,13-15,18-20H2,2H3/t22-/m0/s1. The van der Waals surface area contributed by atoms with Crippen molar-refractivity contribution in [2.45, 2.75) is 43.8 Å². The maximum absolute atomic E-state index is 12.5. The second-order valence-electron chi connectivity index (χ2n) is 11.1. The molecule has 41 heavy (non-hydrogen) atoms. The van der Waals surface area contributed by atoms with E-state index in [9.17, 15) is 15.2 Å². The molecular weight excluding hydrogens is 518 g/mol. The number of carbonyl (C=O) groups excluding carboxylic acids is 1. The van der Waals surface area contributed by atoms with Crippen LogP contribution in [0.4, 0.5) is 11.5 Å². The van der Waals surface area contributed by atoms with E-state index in [1.54, 1.807) is 11.0 Å². The highest BCUT2D eigenvalue weighted by atomic mass is 16.5. The predicted molar refractivity (Wildman–Crippen MR) is 157 cm³/mol. The van der Waals surface area contributed by atoms with E-state index in [0.717, 1.165) is 52.9 Å². The fourth-order valence-corrected chi connectivity index (χ4v) is 6.01. The minimum atomic E-state index is -0.257. The fraction of sp³-hybridized carbons (Fsp3) is 0.419. The topological polar surface area (TPSA) is 118 Å². The smallest absolute Gasteiger partial charge is 0.318 e. The minimum absolute atomic E-state index is 0.0273. The van der Waals surface area contributed by atoms with Crippen LogP contribution in [0.15, 0.2) is 49.1 Å². The molecule has 2 fully saturated rings. The second-order valence-corrected chi connectivity index (χ2v) is 11.1. The Balaban J connectivity index is 1.35. The van der Waals surface area contributed by atoms with Gasteiger partial charge in [-0.25, -0.2) is 0 Å². The molecule has 6 rings (SSSR count). The van der Waals surface area contributed by atoms with Crippen molar-refractivity contribution in [1.29, 1.82) is 5.26 Å². The number of ether oxygens (including phenoxy) is 1. The number of nitriles is 1. The molecule has 3 aliphatic rings. The zero-order valence-electron chi connectivity index (χ0n) is 23.3. The molecule has 0 spiro atoms. The number of fused-ring (bicyclic) bond motifs is 2. The lowest BCUT2D eigenvalue weighted by Crippen LogP contribution is -2.55. The van der Waals surface area contributed by atoms with Crippen LogP contribution in [0, 0.1) is 11.3 Å². The van der Waals surface area contributed by atoms with Crippen molar-refractivity contribution in [2.24, 2.45) is 0 Å². The number of hydrogen-bond acceptors (Lipinski definition) is 9. The number of aromatic hydroxyl groups is 1. The predicted octanol–water partition coefficient (Wildman–Crippen LogP) is 3.15. The Hall–Kier alpha value is -4.36. The largest absolute Gasteiger partial charge is 0.508 e. The molecule has 1 atom stereocenters. The number of phenolic OH excluding ortho intramolecular Hbond substituents is 1. The van der Waals surface area contributed by atoms with Gasteiger partial charge in [0.25, 0.3) is 0 Å². The molecule has 3 aromatic rings. The number of carbonyl (C=O) groups is 1. The molecular formula is C31H35N7O3. The molecule has 10 heteroatoms. The molecule has 0 bridgehead atoms. The lowest BCUT2D eigenvalue weighted by atomic mass is 10.0. The monoisotopic (exact) mass is 553 g/mol. The van der Waals surface area contributed by atoms with Gasteiger partial charge in [0.05, 0.1) is 36.3 Å². The number of hydrogen-bond donors (Lipinski definition) is 2. The van der Waals surface area contributed by atoms with E-state index in [0.29, 0.717) is 45.2 Å². The van der Waals surface area contributed by atoms with Crippen LogP contribution < -0.4 is 19.9 Å². The number of likely N-dealkylation sites (N-methyl/N-ethyl adjacent to an activating group) is 1. The van der Waals surface area contributed by atoms with Gasteiger partial charge in [0.2, 0.25) is 5.91 Å². The average Bonchev–Trinajstić information content (AvgIpc) is 3.79. The van der Waals surface area contributed by atoms with E-state index >= 15 is 0 Å². The van der Waals surface area contributed by atoms with Crippen LogP contribution in [0.25, 0.3) is 10.8 Å². The highest BCUT2D eigenvalue weighted by Crippen LogP contribution is 2.38. The zero-order valence-corrected chi connectivity index (χ0v) is 23.3. The van der Waals surface area contributed by atoms with Crippen molar-refractivity contribution in [3.8, 4) is 17.8 Å². The molecule has 3 heterocycles. The molecule has 0 radical (unpaired) electrons. The van der Waals surface area contributed by atoms with Gasteiger partial charge in [0.15, 0.2) is 0 Å².